The predicted octanol–water partition coefficient (Wildman–Crippen LogP) is 3.17. The van der Waals surface area contributed by atoms with E-state index in [1.54, 1.807) is 41.3 Å². The number of hydrogen-bond acceptors (Lipinski definition) is 3. The Morgan fingerprint density at radius 1 is 1.08 bits per heavy atom. The molecule has 1 amide bonds. The van der Waals surface area contributed by atoms with Crippen molar-refractivity contribution in [2.75, 3.05) is 11.5 Å². The molecule has 4 nitrogen and oxygen atoms in total. The summed E-state index contributed by atoms with van der Waals surface area (Å²) in [6, 6.07) is 15.9. The van der Waals surface area contributed by atoms with Gasteiger partial charge in [-0.3, -0.25) is 4.79 Å². The van der Waals surface area contributed by atoms with Crippen LogP contribution in [0.3, 0.4) is 0 Å². The van der Waals surface area contributed by atoms with Crippen molar-refractivity contribution in [3.8, 4) is 0 Å². The number of halogens is 1. The van der Waals surface area contributed by atoms with Gasteiger partial charge in [-0.2, -0.15) is 0 Å². The molecule has 0 unspecified atom stereocenters. The van der Waals surface area contributed by atoms with E-state index in [1.807, 2.05) is 18.2 Å². The minimum absolute atomic E-state index is 0.0269. The van der Waals surface area contributed by atoms with Crippen LogP contribution in [0, 0.1) is 0 Å². The fourth-order valence-corrected chi connectivity index (χ4v) is 4.78. The van der Waals surface area contributed by atoms with Gasteiger partial charge >= 0.3 is 0 Å². The normalized spacial score (nSPS) is 19.1. The van der Waals surface area contributed by atoms with E-state index >= 15 is 0 Å². The zero-order valence-corrected chi connectivity index (χ0v) is 14.6. The van der Waals surface area contributed by atoms with Gasteiger partial charge in [-0.15, -0.1) is 0 Å². The first-order valence-electron chi connectivity index (χ1n) is 7.75. The minimum atomic E-state index is -3.07. The van der Waals surface area contributed by atoms with Crippen LogP contribution in [0.5, 0.6) is 0 Å². The summed E-state index contributed by atoms with van der Waals surface area (Å²) in [5, 5.41) is 0.628. The zero-order valence-electron chi connectivity index (χ0n) is 13.1. The van der Waals surface area contributed by atoms with Crippen molar-refractivity contribution >= 4 is 27.3 Å². The molecule has 3 rings (SSSR count). The van der Waals surface area contributed by atoms with Gasteiger partial charge in [0.05, 0.1) is 11.5 Å². The first kappa shape index (κ1) is 17.0. The van der Waals surface area contributed by atoms with E-state index < -0.39 is 9.84 Å². The number of carbonyl (C=O) groups excluding carboxylic acids is 1. The molecule has 24 heavy (non-hydrogen) atoms. The molecule has 1 fully saturated rings. The summed E-state index contributed by atoms with van der Waals surface area (Å²) in [4.78, 5) is 14.6. The van der Waals surface area contributed by atoms with Crippen LogP contribution in [-0.2, 0) is 16.4 Å². The van der Waals surface area contributed by atoms with Gasteiger partial charge in [-0.05, 0) is 36.2 Å². The van der Waals surface area contributed by atoms with Gasteiger partial charge in [0.2, 0.25) is 0 Å². The molecule has 0 radical (unpaired) electrons. The maximum absolute atomic E-state index is 12.9. The molecule has 6 heteroatoms. The summed E-state index contributed by atoms with van der Waals surface area (Å²) in [5.41, 5.74) is 1.49. The van der Waals surface area contributed by atoms with E-state index in [9.17, 15) is 13.2 Å². The van der Waals surface area contributed by atoms with Crippen LogP contribution in [0.25, 0.3) is 0 Å². The van der Waals surface area contributed by atoms with Crippen molar-refractivity contribution in [3.63, 3.8) is 0 Å². The second kappa shape index (κ2) is 6.95. The van der Waals surface area contributed by atoms with E-state index in [2.05, 4.69) is 0 Å². The first-order valence-corrected chi connectivity index (χ1v) is 9.95. The molecule has 0 bridgehead atoms. The molecular formula is C18H18ClNO3S. The molecule has 1 atom stereocenters. The number of benzene rings is 2. The van der Waals surface area contributed by atoms with Gasteiger partial charge in [-0.1, -0.05) is 41.9 Å². The predicted molar refractivity (Wildman–Crippen MR) is 94.8 cm³/mol. The standard InChI is InChI=1S/C18H18ClNO3S/c19-16-8-6-14(7-9-16)12-20(17-10-11-24(22,23)13-17)18(21)15-4-2-1-3-5-15/h1-9,17H,10-13H2/t17-/m1/s1. The van der Waals surface area contributed by atoms with Gasteiger partial charge in [0.1, 0.15) is 0 Å². The van der Waals surface area contributed by atoms with Crippen LogP contribution >= 0.6 is 11.6 Å². The number of nitrogens with zero attached hydrogens (tertiary/aromatic N) is 1. The summed E-state index contributed by atoms with van der Waals surface area (Å²) < 4.78 is 23.7. The molecule has 1 aliphatic rings. The summed E-state index contributed by atoms with van der Waals surface area (Å²) in [5.74, 6) is 0.0170. The molecular weight excluding hydrogens is 346 g/mol. The summed E-state index contributed by atoms with van der Waals surface area (Å²) in [6.45, 7) is 0.366. The number of amides is 1. The van der Waals surface area contributed by atoms with Gasteiger partial charge in [0.15, 0.2) is 9.84 Å². The van der Waals surface area contributed by atoms with Crippen LogP contribution in [0.4, 0.5) is 0 Å². The number of sulfone groups is 1. The molecule has 1 saturated heterocycles. The van der Waals surface area contributed by atoms with Gasteiger partial charge in [-0.25, -0.2) is 8.42 Å². The summed E-state index contributed by atoms with van der Waals surface area (Å²) >= 11 is 5.91. The molecule has 2 aromatic rings. The van der Waals surface area contributed by atoms with Crippen molar-refractivity contribution in [3.05, 3.63) is 70.7 Å². The molecule has 0 spiro atoms. The number of carbonyl (C=O) groups is 1. The molecule has 0 saturated carbocycles. The lowest BCUT2D eigenvalue weighted by molar-refractivity contribution is 0.0681. The van der Waals surface area contributed by atoms with Crippen LogP contribution < -0.4 is 0 Å². The largest absolute Gasteiger partial charge is 0.330 e. The lowest BCUT2D eigenvalue weighted by atomic mass is 10.1. The van der Waals surface area contributed by atoms with Gasteiger partial charge in [0, 0.05) is 23.2 Å². The Morgan fingerprint density at radius 3 is 2.33 bits per heavy atom. The third-order valence-electron chi connectivity index (χ3n) is 4.20. The Kier molecular flexibility index (Phi) is 4.92. The van der Waals surface area contributed by atoms with Crippen LogP contribution in [0.2, 0.25) is 5.02 Å². The Hall–Kier alpha value is -1.85. The lowest BCUT2D eigenvalue weighted by Gasteiger charge is -2.28. The molecule has 1 aliphatic heterocycles. The smallest absolute Gasteiger partial charge is 0.254 e. The first-order chi connectivity index (χ1) is 11.4. The fourth-order valence-electron chi connectivity index (χ4n) is 2.92. The molecule has 1 heterocycles. The monoisotopic (exact) mass is 363 g/mol. The highest BCUT2D eigenvalue weighted by atomic mass is 35.5. The van der Waals surface area contributed by atoms with Crippen LogP contribution in [0.1, 0.15) is 22.3 Å². The van der Waals surface area contributed by atoms with Crippen molar-refractivity contribution < 1.29 is 13.2 Å². The van der Waals surface area contributed by atoms with Crippen molar-refractivity contribution in [2.45, 2.75) is 19.0 Å². The maximum Gasteiger partial charge on any atom is 0.254 e. The molecule has 0 aromatic heterocycles. The van der Waals surface area contributed by atoms with Crippen LogP contribution in [0.15, 0.2) is 54.6 Å². The number of rotatable bonds is 4. The van der Waals surface area contributed by atoms with Crippen molar-refractivity contribution in [1.29, 1.82) is 0 Å². The average molecular weight is 364 g/mol. The van der Waals surface area contributed by atoms with E-state index in [4.69, 9.17) is 11.6 Å². The van der Waals surface area contributed by atoms with E-state index in [0.29, 0.717) is 23.6 Å². The molecule has 126 valence electrons. The summed E-state index contributed by atoms with van der Waals surface area (Å²) in [7, 11) is -3.07. The third kappa shape index (κ3) is 3.97. The van der Waals surface area contributed by atoms with Crippen LogP contribution in [-0.4, -0.2) is 36.8 Å². The van der Waals surface area contributed by atoms with Gasteiger partial charge < -0.3 is 4.90 Å². The summed E-state index contributed by atoms with van der Waals surface area (Å²) in [6.07, 6.45) is 0.481. The Bertz CT molecular complexity index is 819. The fraction of sp³-hybridized carbons (Fsp3) is 0.278. The van der Waals surface area contributed by atoms with Crippen molar-refractivity contribution in [1.82, 2.24) is 4.90 Å². The zero-order chi connectivity index (χ0) is 17.2. The van der Waals surface area contributed by atoms with E-state index in [-0.39, 0.29) is 23.5 Å². The van der Waals surface area contributed by atoms with E-state index in [0.717, 1.165) is 5.56 Å². The Labute approximate surface area is 147 Å². The lowest BCUT2D eigenvalue weighted by Crippen LogP contribution is -2.40. The Balaban J connectivity index is 1.88. The second-order valence-corrected chi connectivity index (χ2v) is 8.65. The highest BCUT2D eigenvalue weighted by molar-refractivity contribution is 7.91. The minimum Gasteiger partial charge on any atom is -0.330 e. The van der Waals surface area contributed by atoms with Crippen molar-refractivity contribution in [2.24, 2.45) is 0 Å². The molecule has 0 N–H and O–H groups in total. The van der Waals surface area contributed by atoms with E-state index in [1.165, 1.54) is 0 Å². The SMILES string of the molecule is O=C(c1ccccc1)N(Cc1ccc(Cl)cc1)[C@@H]1CCS(=O)(=O)C1. The topological polar surface area (TPSA) is 54.5 Å². The Morgan fingerprint density at radius 2 is 1.75 bits per heavy atom. The molecule has 0 aliphatic carbocycles. The number of hydrogen-bond donors (Lipinski definition) is 0. The quantitative estimate of drug-likeness (QED) is 0.838. The highest BCUT2D eigenvalue weighted by Crippen LogP contribution is 2.23. The van der Waals surface area contributed by atoms with Gasteiger partial charge in [0.25, 0.3) is 5.91 Å². The third-order valence-corrected chi connectivity index (χ3v) is 6.20. The maximum atomic E-state index is 12.9. The second-order valence-electron chi connectivity index (χ2n) is 5.98. The molecule has 2 aromatic carbocycles. The highest BCUT2D eigenvalue weighted by Gasteiger charge is 2.35. The average Bonchev–Trinajstić information content (AvgIpc) is 2.94.